The topological polar surface area (TPSA) is 35.5 Å². The van der Waals surface area contributed by atoms with E-state index in [-0.39, 0.29) is 0 Å². The molecule has 14 heavy (non-hydrogen) atoms. The van der Waals surface area contributed by atoms with Crippen molar-refractivity contribution in [3.63, 3.8) is 0 Å². The van der Waals surface area contributed by atoms with Crippen molar-refractivity contribution < 1.29 is 14.3 Å². The number of carbonyl (C=O) groups excluding carboxylic acids is 1. The van der Waals surface area contributed by atoms with E-state index in [4.69, 9.17) is 16.3 Å². The number of rotatable bonds is 3. The van der Waals surface area contributed by atoms with E-state index in [1.807, 2.05) is 0 Å². The molecule has 0 heterocycles. The molecule has 76 valence electrons. The van der Waals surface area contributed by atoms with E-state index in [1.54, 1.807) is 25.3 Å². The first-order valence-corrected chi connectivity index (χ1v) is 4.43. The number of ether oxygens (including phenoxy) is 2. The second kappa shape index (κ2) is 4.98. The minimum atomic E-state index is -0.442. The fraction of sp³-hybridized carbons (Fsp3) is 0.300. The SMILES string of the molecule is COCc1cccc(Cl)c1C(=O)OC. The first-order valence-electron chi connectivity index (χ1n) is 4.05. The highest BCUT2D eigenvalue weighted by Gasteiger charge is 2.15. The predicted molar refractivity (Wildman–Crippen MR) is 53.5 cm³/mol. The Morgan fingerprint density at radius 3 is 2.71 bits per heavy atom. The van der Waals surface area contributed by atoms with E-state index in [2.05, 4.69) is 4.74 Å². The van der Waals surface area contributed by atoms with Crippen LogP contribution in [0.5, 0.6) is 0 Å². The van der Waals surface area contributed by atoms with Gasteiger partial charge in [-0.05, 0) is 11.6 Å². The summed E-state index contributed by atoms with van der Waals surface area (Å²) in [4.78, 5) is 11.4. The zero-order valence-electron chi connectivity index (χ0n) is 8.04. The van der Waals surface area contributed by atoms with Gasteiger partial charge in [0, 0.05) is 7.11 Å². The van der Waals surface area contributed by atoms with E-state index in [0.717, 1.165) is 5.56 Å². The van der Waals surface area contributed by atoms with E-state index in [1.165, 1.54) is 7.11 Å². The van der Waals surface area contributed by atoms with Gasteiger partial charge >= 0.3 is 5.97 Å². The third-order valence-corrected chi connectivity index (χ3v) is 2.10. The molecule has 3 nitrogen and oxygen atoms in total. The number of halogens is 1. The molecule has 0 N–H and O–H groups in total. The zero-order chi connectivity index (χ0) is 10.6. The van der Waals surface area contributed by atoms with E-state index in [0.29, 0.717) is 17.2 Å². The van der Waals surface area contributed by atoms with Crippen LogP contribution in [0.25, 0.3) is 0 Å². The van der Waals surface area contributed by atoms with Crippen molar-refractivity contribution in [2.75, 3.05) is 14.2 Å². The first kappa shape index (κ1) is 11.0. The van der Waals surface area contributed by atoms with Gasteiger partial charge in [0.25, 0.3) is 0 Å². The normalized spacial score (nSPS) is 9.93. The fourth-order valence-electron chi connectivity index (χ4n) is 1.18. The monoisotopic (exact) mass is 214 g/mol. The number of carbonyl (C=O) groups is 1. The molecule has 0 radical (unpaired) electrons. The lowest BCUT2D eigenvalue weighted by Gasteiger charge is -2.08. The van der Waals surface area contributed by atoms with E-state index >= 15 is 0 Å². The second-order valence-electron chi connectivity index (χ2n) is 2.70. The van der Waals surface area contributed by atoms with Crippen LogP contribution in [0.4, 0.5) is 0 Å². The lowest BCUT2D eigenvalue weighted by atomic mass is 10.1. The molecule has 0 spiro atoms. The van der Waals surface area contributed by atoms with Crippen LogP contribution in [-0.4, -0.2) is 20.2 Å². The Morgan fingerprint density at radius 2 is 2.14 bits per heavy atom. The van der Waals surface area contributed by atoms with Crippen molar-refractivity contribution >= 4 is 17.6 Å². The summed E-state index contributed by atoms with van der Waals surface area (Å²) in [5, 5.41) is 0.381. The fourth-order valence-corrected chi connectivity index (χ4v) is 1.45. The lowest BCUT2D eigenvalue weighted by Crippen LogP contribution is -2.07. The van der Waals surface area contributed by atoms with Crippen molar-refractivity contribution in [2.45, 2.75) is 6.61 Å². The number of methoxy groups -OCH3 is 2. The Labute approximate surface area is 87.6 Å². The Bertz CT molecular complexity index is 336. The van der Waals surface area contributed by atoms with Crippen LogP contribution in [0, 0.1) is 0 Å². The number of esters is 1. The van der Waals surface area contributed by atoms with Crippen LogP contribution >= 0.6 is 11.6 Å². The van der Waals surface area contributed by atoms with Gasteiger partial charge in [-0.25, -0.2) is 4.79 Å². The largest absolute Gasteiger partial charge is 0.465 e. The van der Waals surface area contributed by atoms with Gasteiger partial charge in [-0.2, -0.15) is 0 Å². The molecule has 0 unspecified atom stereocenters. The second-order valence-corrected chi connectivity index (χ2v) is 3.11. The third-order valence-electron chi connectivity index (χ3n) is 1.79. The highest BCUT2D eigenvalue weighted by molar-refractivity contribution is 6.33. The van der Waals surface area contributed by atoms with Crippen LogP contribution in [0.2, 0.25) is 5.02 Å². The smallest absolute Gasteiger partial charge is 0.339 e. The Kier molecular flexibility index (Phi) is 3.92. The van der Waals surface area contributed by atoms with Crippen molar-refractivity contribution in [2.24, 2.45) is 0 Å². The van der Waals surface area contributed by atoms with Gasteiger partial charge < -0.3 is 9.47 Å². The van der Waals surface area contributed by atoms with Crippen LogP contribution in [0.3, 0.4) is 0 Å². The summed E-state index contributed by atoms with van der Waals surface area (Å²) in [5.74, 6) is -0.442. The van der Waals surface area contributed by atoms with Crippen molar-refractivity contribution in [1.82, 2.24) is 0 Å². The Morgan fingerprint density at radius 1 is 1.43 bits per heavy atom. The minimum absolute atomic E-state index is 0.338. The molecular weight excluding hydrogens is 204 g/mol. The molecule has 0 saturated heterocycles. The van der Waals surface area contributed by atoms with E-state index < -0.39 is 5.97 Å². The van der Waals surface area contributed by atoms with Crippen molar-refractivity contribution in [1.29, 1.82) is 0 Å². The third kappa shape index (κ3) is 2.25. The van der Waals surface area contributed by atoms with Gasteiger partial charge in [-0.3, -0.25) is 0 Å². The predicted octanol–water partition coefficient (Wildman–Crippen LogP) is 2.27. The maximum atomic E-state index is 11.4. The average molecular weight is 215 g/mol. The standard InChI is InChI=1S/C10H11ClO3/c1-13-6-7-4-3-5-8(11)9(7)10(12)14-2/h3-5H,6H2,1-2H3. The van der Waals surface area contributed by atoms with Crippen LogP contribution < -0.4 is 0 Å². The Balaban J connectivity index is 3.15. The molecule has 0 saturated carbocycles. The molecule has 0 aliphatic rings. The summed E-state index contributed by atoms with van der Waals surface area (Å²) < 4.78 is 9.58. The summed E-state index contributed by atoms with van der Waals surface area (Å²) in [6.45, 7) is 0.338. The molecule has 0 aliphatic carbocycles. The van der Waals surface area contributed by atoms with Crippen LogP contribution in [-0.2, 0) is 16.1 Å². The quantitative estimate of drug-likeness (QED) is 0.725. The minimum Gasteiger partial charge on any atom is -0.465 e. The van der Waals surface area contributed by atoms with Gasteiger partial charge in [-0.1, -0.05) is 23.7 Å². The number of hydrogen-bond donors (Lipinski definition) is 0. The Hall–Kier alpha value is -1.06. The lowest BCUT2D eigenvalue weighted by molar-refractivity contribution is 0.0596. The van der Waals surface area contributed by atoms with Gasteiger partial charge in [0.15, 0.2) is 0 Å². The molecule has 1 aromatic rings. The highest BCUT2D eigenvalue weighted by Crippen LogP contribution is 2.21. The van der Waals surface area contributed by atoms with Crippen molar-refractivity contribution in [3.8, 4) is 0 Å². The van der Waals surface area contributed by atoms with Crippen LogP contribution in [0.1, 0.15) is 15.9 Å². The molecule has 4 heteroatoms. The molecular formula is C10H11ClO3. The summed E-state index contributed by atoms with van der Waals surface area (Å²) >= 11 is 5.88. The first-order chi connectivity index (χ1) is 6.70. The summed E-state index contributed by atoms with van der Waals surface area (Å²) in [6.07, 6.45) is 0. The maximum Gasteiger partial charge on any atom is 0.339 e. The van der Waals surface area contributed by atoms with Crippen molar-refractivity contribution in [3.05, 3.63) is 34.3 Å². The molecule has 1 aromatic carbocycles. The van der Waals surface area contributed by atoms with Gasteiger partial charge in [0.1, 0.15) is 0 Å². The number of hydrogen-bond acceptors (Lipinski definition) is 3. The molecule has 1 rings (SSSR count). The summed E-state index contributed by atoms with van der Waals surface area (Å²) in [7, 11) is 2.88. The van der Waals surface area contributed by atoms with Gasteiger partial charge in [0.05, 0.1) is 24.3 Å². The van der Waals surface area contributed by atoms with Crippen LogP contribution in [0.15, 0.2) is 18.2 Å². The van der Waals surface area contributed by atoms with E-state index in [9.17, 15) is 4.79 Å². The average Bonchev–Trinajstić information content (AvgIpc) is 2.18. The molecule has 0 aromatic heterocycles. The van der Waals surface area contributed by atoms with Gasteiger partial charge in [-0.15, -0.1) is 0 Å². The zero-order valence-corrected chi connectivity index (χ0v) is 8.80. The summed E-state index contributed by atoms with van der Waals surface area (Å²) in [6, 6.07) is 5.19. The highest BCUT2D eigenvalue weighted by atomic mass is 35.5. The maximum absolute atomic E-state index is 11.4. The molecule has 0 bridgehead atoms. The van der Waals surface area contributed by atoms with Gasteiger partial charge in [0.2, 0.25) is 0 Å². The molecule has 0 atom stereocenters. The molecule has 0 amide bonds. The molecule has 0 aliphatic heterocycles. The summed E-state index contributed by atoms with van der Waals surface area (Å²) in [5.41, 5.74) is 1.10. The molecule has 0 fully saturated rings. The number of benzene rings is 1.